The highest BCUT2D eigenvalue weighted by atomic mass is 32.1. The Hall–Kier alpha value is -3.69. The van der Waals surface area contributed by atoms with Gasteiger partial charge in [-0.2, -0.15) is 0 Å². The van der Waals surface area contributed by atoms with Crippen molar-refractivity contribution in [3.63, 3.8) is 0 Å². The van der Waals surface area contributed by atoms with Crippen LogP contribution in [-0.4, -0.2) is 50.2 Å². The predicted octanol–water partition coefficient (Wildman–Crippen LogP) is 4.02. The van der Waals surface area contributed by atoms with Crippen LogP contribution in [0.15, 0.2) is 66.0 Å². The summed E-state index contributed by atoms with van der Waals surface area (Å²) in [6.45, 7) is 4.59. The van der Waals surface area contributed by atoms with Crippen molar-refractivity contribution in [1.29, 1.82) is 0 Å². The van der Waals surface area contributed by atoms with Crippen molar-refractivity contribution in [2.75, 3.05) is 41.8 Å². The molecule has 2 N–H and O–H groups in total. The van der Waals surface area contributed by atoms with E-state index in [1.54, 1.807) is 36.4 Å². The molecule has 0 aliphatic carbocycles. The minimum absolute atomic E-state index is 0.214. The molecule has 2 heterocycles. The fraction of sp³-hybridized carbons (Fsp3) is 0.240. The van der Waals surface area contributed by atoms with Crippen molar-refractivity contribution in [2.45, 2.75) is 13.0 Å². The SMILES string of the molecule is CC(OC(=O)c1ccc(NC(=O)c2cccs2)cc1)C(=O)Nc1ccc(N2CCOCC2)cc1. The summed E-state index contributed by atoms with van der Waals surface area (Å²) >= 11 is 1.34. The van der Waals surface area contributed by atoms with Crippen LogP contribution in [0.4, 0.5) is 17.1 Å². The van der Waals surface area contributed by atoms with Crippen molar-refractivity contribution in [1.82, 2.24) is 0 Å². The van der Waals surface area contributed by atoms with E-state index in [4.69, 9.17) is 9.47 Å². The maximum absolute atomic E-state index is 12.5. The summed E-state index contributed by atoms with van der Waals surface area (Å²) in [6, 6.07) is 17.4. The molecule has 1 aliphatic heterocycles. The molecule has 2 amide bonds. The molecule has 1 aliphatic rings. The van der Waals surface area contributed by atoms with E-state index < -0.39 is 18.0 Å². The van der Waals surface area contributed by atoms with Crippen LogP contribution in [0, 0.1) is 0 Å². The van der Waals surface area contributed by atoms with Crippen LogP contribution in [0.3, 0.4) is 0 Å². The summed E-state index contributed by atoms with van der Waals surface area (Å²) in [5.41, 5.74) is 2.52. The van der Waals surface area contributed by atoms with Crippen molar-refractivity contribution >= 4 is 46.2 Å². The molecule has 0 saturated carbocycles. The maximum atomic E-state index is 12.5. The number of carbonyl (C=O) groups is 3. The molecule has 1 fully saturated rings. The lowest BCUT2D eigenvalue weighted by molar-refractivity contribution is -0.123. The minimum Gasteiger partial charge on any atom is -0.449 e. The molecular formula is C25H25N3O5S. The van der Waals surface area contributed by atoms with Crippen LogP contribution >= 0.6 is 11.3 Å². The van der Waals surface area contributed by atoms with E-state index in [0.29, 0.717) is 29.5 Å². The smallest absolute Gasteiger partial charge is 0.338 e. The second kappa shape index (κ2) is 11.0. The number of hydrogen-bond acceptors (Lipinski definition) is 7. The number of esters is 1. The Balaban J connectivity index is 1.27. The molecule has 176 valence electrons. The van der Waals surface area contributed by atoms with Gasteiger partial charge >= 0.3 is 5.97 Å². The molecule has 0 bridgehead atoms. The van der Waals surface area contributed by atoms with E-state index in [2.05, 4.69) is 15.5 Å². The molecule has 2 aromatic carbocycles. The van der Waals surface area contributed by atoms with Crippen molar-refractivity contribution in [3.05, 3.63) is 76.5 Å². The van der Waals surface area contributed by atoms with Gasteiger partial charge in [0.25, 0.3) is 11.8 Å². The Labute approximate surface area is 201 Å². The number of benzene rings is 2. The van der Waals surface area contributed by atoms with Crippen LogP contribution in [0.1, 0.15) is 27.0 Å². The first-order chi connectivity index (χ1) is 16.5. The molecule has 1 atom stereocenters. The Morgan fingerprint density at radius 3 is 2.24 bits per heavy atom. The van der Waals surface area contributed by atoms with Crippen molar-refractivity contribution in [3.8, 4) is 0 Å². The highest BCUT2D eigenvalue weighted by molar-refractivity contribution is 7.12. The largest absolute Gasteiger partial charge is 0.449 e. The summed E-state index contributed by atoms with van der Waals surface area (Å²) in [4.78, 5) is 39.9. The summed E-state index contributed by atoms with van der Waals surface area (Å²) in [5.74, 6) is -1.26. The number of carbonyl (C=O) groups excluding carboxylic acids is 3. The van der Waals surface area contributed by atoms with Gasteiger partial charge in [0.15, 0.2) is 6.10 Å². The third kappa shape index (κ3) is 6.00. The molecular weight excluding hydrogens is 454 g/mol. The van der Waals surface area contributed by atoms with Crippen LogP contribution < -0.4 is 15.5 Å². The summed E-state index contributed by atoms with van der Waals surface area (Å²) in [6.07, 6.45) is -0.982. The number of ether oxygens (including phenoxy) is 2. The lowest BCUT2D eigenvalue weighted by atomic mass is 10.2. The molecule has 1 unspecified atom stereocenters. The molecule has 1 saturated heterocycles. The number of morpholine rings is 1. The lowest BCUT2D eigenvalue weighted by Gasteiger charge is -2.28. The van der Waals surface area contributed by atoms with Gasteiger partial charge in [-0.3, -0.25) is 9.59 Å². The van der Waals surface area contributed by atoms with E-state index >= 15 is 0 Å². The molecule has 8 nitrogen and oxygen atoms in total. The first kappa shape index (κ1) is 23.5. The number of thiophene rings is 1. The number of nitrogens with zero attached hydrogens (tertiary/aromatic N) is 1. The molecule has 4 rings (SSSR count). The van der Waals surface area contributed by atoms with Gasteiger partial charge in [-0.25, -0.2) is 4.79 Å². The summed E-state index contributed by atoms with van der Waals surface area (Å²) in [7, 11) is 0. The van der Waals surface area contributed by atoms with E-state index in [1.165, 1.54) is 18.3 Å². The van der Waals surface area contributed by atoms with Gasteiger partial charge in [-0.1, -0.05) is 6.07 Å². The van der Waals surface area contributed by atoms with Crippen LogP contribution in [0.5, 0.6) is 0 Å². The Kier molecular flexibility index (Phi) is 7.56. The average molecular weight is 480 g/mol. The number of anilines is 3. The predicted molar refractivity (Wildman–Crippen MR) is 132 cm³/mol. The average Bonchev–Trinajstić information content (AvgIpc) is 3.41. The van der Waals surface area contributed by atoms with Gasteiger partial charge in [0.05, 0.1) is 23.7 Å². The van der Waals surface area contributed by atoms with Gasteiger partial charge in [-0.15, -0.1) is 11.3 Å². The Morgan fingerprint density at radius 1 is 0.941 bits per heavy atom. The van der Waals surface area contributed by atoms with E-state index in [1.807, 2.05) is 29.6 Å². The Morgan fingerprint density at radius 2 is 1.59 bits per heavy atom. The van der Waals surface area contributed by atoms with Crippen molar-refractivity contribution in [2.24, 2.45) is 0 Å². The van der Waals surface area contributed by atoms with Gasteiger partial charge in [0, 0.05) is 30.2 Å². The first-order valence-corrected chi connectivity index (χ1v) is 11.8. The number of rotatable bonds is 7. The zero-order valence-corrected chi connectivity index (χ0v) is 19.5. The summed E-state index contributed by atoms with van der Waals surface area (Å²) < 4.78 is 10.7. The van der Waals surface area contributed by atoms with Gasteiger partial charge < -0.3 is 25.0 Å². The van der Waals surface area contributed by atoms with Gasteiger partial charge in [0.1, 0.15) is 0 Å². The standard InChI is InChI=1S/C25H25N3O5S/c1-17(23(29)26-20-8-10-21(11-9-20)28-12-14-32-15-13-28)33-25(31)18-4-6-19(7-5-18)27-24(30)22-3-2-16-34-22/h2-11,16-17H,12-15H2,1H3,(H,26,29)(H,27,30). The second-order valence-corrected chi connectivity index (χ2v) is 8.64. The third-order valence-electron chi connectivity index (χ3n) is 5.29. The molecule has 1 aromatic heterocycles. The Bertz CT molecular complexity index is 1120. The van der Waals surface area contributed by atoms with Gasteiger partial charge in [-0.05, 0) is 66.9 Å². The van der Waals surface area contributed by atoms with Gasteiger partial charge in [0.2, 0.25) is 0 Å². The zero-order valence-electron chi connectivity index (χ0n) is 18.7. The molecule has 34 heavy (non-hydrogen) atoms. The zero-order chi connectivity index (χ0) is 23.9. The molecule has 3 aromatic rings. The fourth-order valence-corrected chi connectivity index (χ4v) is 4.01. The van der Waals surface area contributed by atoms with E-state index in [9.17, 15) is 14.4 Å². The van der Waals surface area contributed by atoms with E-state index in [0.717, 1.165) is 18.8 Å². The quantitative estimate of drug-likeness (QED) is 0.497. The first-order valence-electron chi connectivity index (χ1n) is 10.9. The summed E-state index contributed by atoms with van der Waals surface area (Å²) in [5, 5.41) is 7.36. The van der Waals surface area contributed by atoms with Crippen LogP contribution in [0.25, 0.3) is 0 Å². The molecule has 9 heteroatoms. The number of nitrogens with one attached hydrogen (secondary N) is 2. The van der Waals surface area contributed by atoms with Crippen molar-refractivity contribution < 1.29 is 23.9 Å². The van der Waals surface area contributed by atoms with Crippen LogP contribution in [0.2, 0.25) is 0 Å². The lowest BCUT2D eigenvalue weighted by Crippen LogP contribution is -2.36. The maximum Gasteiger partial charge on any atom is 0.338 e. The normalized spacial score (nSPS) is 14.2. The molecule has 0 spiro atoms. The molecule has 0 radical (unpaired) electrons. The number of hydrogen-bond donors (Lipinski definition) is 2. The third-order valence-corrected chi connectivity index (χ3v) is 6.16. The fourth-order valence-electron chi connectivity index (χ4n) is 3.39. The topological polar surface area (TPSA) is 97.0 Å². The number of amides is 2. The van der Waals surface area contributed by atoms with E-state index in [-0.39, 0.29) is 11.5 Å². The highest BCUT2D eigenvalue weighted by Gasteiger charge is 2.20. The monoisotopic (exact) mass is 479 g/mol. The van der Waals surface area contributed by atoms with Crippen LogP contribution in [-0.2, 0) is 14.3 Å². The highest BCUT2D eigenvalue weighted by Crippen LogP contribution is 2.20. The minimum atomic E-state index is -0.982. The second-order valence-electron chi connectivity index (χ2n) is 7.69.